The molecule has 0 heterocycles. The number of benzene rings is 3. The second-order valence-corrected chi connectivity index (χ2v) is 8.59. The number of halogens is 2. The van der Waals surface area contributed by atoms with Crippen LogP contribution in [0.25, 0.3) is 0 Å². The van der Waals surface area contributed by atoms with E-state index in [0.717, 1.165) is 22.5 Å². The number of para-hydroxylation sites is 1. The lowest BCUT2D eigenvalue weighted by molar-refractivity contribution is 0.102. The molecule has 0 aliphatic heterocycles. The van der Waals surface area contributed by atoms with Crippen molar-refractivity contribution in [1.29, 1.82) is 0 Å². The Morgan fingerprint density at radius 3 is 2.37 bits per heavy atom. The Kier molecular flexibility index (Phi) is 6.28. The van der Waals surface area contributed by atoms with Crippen LogP contribution in [0.4, 0.5) is 15.8 Å². The fraction of sp³-hybridized carbons (Fsp3) is 0.0952. The topological polar surface area (TPSA) is 75.7 Å². The summed E-state index contributed by atoms with van der Waals surface area (Å²) in [5, 5.41) is 2.48. The summed E-state index contributed by atoms with van der Waals surface area (Å²) in [6, 6.07) is 16.0. The zero-order chi connectivity index (χ0) is 21.9. The molecule has 156 valence electrons. The molecule has 3 aromatic carbocycles. The highest BCUT2D eigenvalue weighted by Gasteiger charge is 2.27. The van der Waals surface area contributed by atoms with E-state index in [1.165, 1.54) is 26.3 Å². The maximum atomic E-state index is 13.3. The van der Waals surface area contributed by atoms with Crippen molar-refractivity contribution in [1.82, 2.24) is 0 Å². The molecule has 0 aliphatic rings. The van der Waals surface area contributed by atoms with Gasteiger partial charge in [-0.3, -0.25) is 9.10 Å². The van der Waals surface area contributed by atoms with Crippen LogP contribution in [0, 0.1) is 5.82 Å². The highest BCUT2D eigenvalue weighted by Crippen LogP contribution is 2.30. The summed E-state index contributed by atoms with van der Waals surface area (Å²) in [5.41, 5.74) is 0.796. The predicted molar refractivity (Wildman–Crippen MR) is 114 cm³/mol. The number of sulfonamides is 1. The minimum Gasteiger partial charge on any atom is -0.497 e. The molecule has 0 aromatic heterocycles. The maximum absolute atomic E-state index is 13.3. The molecule has 0 bridgehead atoms. The smallest absolute Gasteiger partial charge is 0.265 e. The van der Waals surface area contributed by atoms with E-state index in [4.69, 9.17) is 16.3 Å². The number of nitrogens with one attached hydrogen (secondary N) is 1. The quantitative estimate of drug-likeness (QED) is 0.599. The lowest BCUT2D eigenvalue weighted by Crippen LogP contribution is -2.29. The Hall–Kier alpha value is -3.10. The molecule has 1 amide bonds. The number of carbonyl (C=O) groups excluding carboxylic acids is 1. The van der Waals surface area contributed by atoms with Crippen molar-refractivity contribution in [2.24, 2.45) is 0 Å². The molecule has 0 saturated carbocycles. The number of hydrogen-bond acceptors (Lipinski definition) is 4. The van der Waals surface area contributed by atoms with E-state index in [9.17, 15) is 17.6 Å². The maximum Gasteiger partial charge on any atom is 0.265 e. The number of hydrogen-bond donors (Lipinski definition) is 1. The van der Waals surface area contributed by atoms with Crippen LogP contribution in [0.2, 0.25) is 5.02 Å². The van der Waals surface area contributed by atoms with Crippen molar-refractivity contribution < 1.29 is 22.3 Å². The minimum absolute atomic E-state index is 0.137. The molecule has 0 atom stereocenters. The van der Waals surface area contributed by atoms with Gasteiger partial charge in [0.15, 0.2) is 0 Å². The van der Waals surface area contributed by atoms with E-state index in [-0.39, 0.29) is 21.2 Å². The first kappa shape index (κ1) is 21.6. The number of anilines is 2. The van der Waals surface area contributed by atoms with Gasteiger partial charge in [0.2, 0.25) is 0 Å². The first-order valence-electron chi connectivity index (χ1n) is 8.72. The summed E-state index contributed by atoms with van der Waals surface area (Å²) in [6.45, 7) is 0. The van der Waals surface area contributed by atoms with Crippen LogP contribution in [-0.4, -0.2) is 28.5 Å². The number of carbonyl (C=O) groups is 1. The molecule has 6 nitrogen and oxygen atoms in total. The molecular weight excluding hydrogens is 431 g/mol. The Morgan fingerprint density at radius 1 is 1.07 bits per heavy atom. The van der Waals surface area contributed by atoms with Gasteiger partial charge >= 0.3 is 0 Å². The number of ether oxygens (including phenoxy) is 1. The van der Waals surface area contributed by atoms with Crippen LogP contribution in [0.15, 0.2) is 71.6 Å². The molecular formula is C21H18ClFN2O4S. The van der Waals surface area contributed by atoms with E-state index >= 15 is 0 Å². The third-order valence-electron chi connectivity index (χ3n) is 4.37. The molecule has 30 heavy (non-hydrogen) atoms. The van der Waals surface area contributed by atoms with Gasteiger partial charge in [0.05, 0.1) is 23.4 Å². The third-order valence-corrected chi connectivity index (χ3v) is 6.62. The Balaban J connectivity index is 1.94. The van der Waals surface area contributed by atoms with Crippen LogP contribution in [0.3, 0.4) is 0 Å². The van der Waals surface area contributed by atoms with Crippen LogP contribution in [0.1, 0.15) is 10.4 Å². The van der Waals surface area contributed by atoms with Gasteiger partial charge in [-0.25, -0.2) is 12.8 Å². The second-order valence-electron chi connectivity index (χ2n) is 6.25. The first-order valence-corrected chi connectivity index (χ1v) is 10.5. The Bertz CT molecular complexity index is 1180. The lowest BCUT2D eigenvalue weighted by Gasteiger charge is -2.22. The van der Waals surface area contributed by atoms with Gasteiger partial charge < -0.3 is 10.1 Å². The highest BCUT2D eigenvalue weighted by atomic mass is 35.5. The van der Waals surface area contributed by atoms with Crippen LogP contribution >= 0.6 is 11.6 Å². The Morgan fingerprint density at radius 2 is 1.73 bits per heavy atom. The van der Waals surface area contributed by atoms with Crippen molar-refractivity contribution in [3.8, 4) is 5.75 Å². The molecule has 0 aliphatic carbocycles. The standard InChI is InChI=1S/C21H18ClFN2O4S/c1-25(30(27,28)20-12-7-14(23)13-18(20)22)19-6-4-3-5-17(19)21(26)24-15-8-10-16(29-2)11-9-15/h3-13H,1-2H3,(H,24,26). The van der Waals surface area contributed by atoms with Gasteiger partial charge in [0, 0.05) is 12.7 Å². The first-order chi connectivity index (χ1) is 14.2. The SMILES string of the molecule is COc1ccc(NC(=O)c2ccccc2N(C)S(=O)(=O)c2ccc(F)cc2Cl)cc1. The van der Waals surface area contributed by atoms with Gasteiger partial charge in [0.1, 0.15) is 16.5 Å². The molecule has 3 rings (SSSR count). The highest BCUT2D eigenvalue weighted by molar-refractivity contribution is 7.93. The van der Waals surface area contributed by atoms with Crippen molar-refractivity contribution in [3.05, 3.63) is 83.1 Å². The summed E-state index contributed by atoms with van der Waals surface area (Å²) in [6.07, 6.45) is 0. The lowest BCUT2D eigenvalue weighted by atomic mass is 10.1. The van der Waals surface area contributed by atoms with Crippen molar-refractivity contribution in [2.45, 2.75) is 4.90 Å². The molecule has 0 spiro atoms. The molecule has 0 fully saturated rings. The van der Waals surface area contributed by atoms with Crippen LogP contribution in [-0.2, 0) is 10.0 Å². The zero-order valence-electron chi connectivity index (χ0n) is 16.1. The molecule has 3 aromatic rings. The fourth-order valence-electron chi connectivity index (χ4n) is 2.77. The fourth-order valence-corrected chi connectivity index (χ4v) is 4.49. The van der Waals surface area contributed by atoms with Crippen molar-refractivity contribution in [2.75, 3.05) is 23.8 Å². The summed E-state index contributed by atoms with van der Waals surface area (Å²) in [5.74, 6) is -0.515. The number of nitrogens with zero attached hydrogens (tertiary/aromatic N) is 1. The van der Waals surface area contributed by atoms with Crippen LogP contribution < -0.4 is 14.4 Å². The van der Waals surface area contributed by atoms with Gasteiger partial charge in [-0.2, -0.15) is 0 Å². The summed E-state index contributed by atoms with van der Waals surface area (Å²) in [4.78, 5) is 12.6. The molecule has 0 radical (unpaired) electrons. The minimum atomic E-state index is -4.14. The van der Waals surface area contributed by atoms with Gasteiger partial charge in [-0.05, 0) is 54.6 Å². The largest absolute Gasteiger partial charge is 0.497 e. The number of amides is 1. The number of rotatable bonds is 6. The molecule has 0 saturated heterocycles. The van der Waals surface area contributed by atoms with Gasteiger partial charge in [0.25, 0.3) is 15.9 Å². The van der Waals surface area contributed by atoms with Crippen molar-refractivity contribution in [3.63, 3.8) is 0 Å². The van der Waals surface area contributed by atoms with E-state index in [2.05, 4.69) is 5.32 Å². The zero-order valence-corrected chi connectivity index (χ0v) is 17.7. The third kappa shape index (κ3) is 4.39. The van der Waals surface area contributed by atoms with E-state index in [1.54, 1.807) is 36.4 Å². The normalized spacial score (nSPS) is 11.1. The summed E-state index contributed by atoms with van der Waals surface area (Å²) in [7, 11) is -1.30. The second kappa shape index (κ2) is 8.73. The molecule has 1 N–H and O–H groups in total. The monoisotopic (exact) mass is 448 g/mol. The average molecular weight is 449 g/mol. The van der Waals surface area contributed by atoms with E-state index in [0.29, 0.717) is 11.4 Å². The molecule has 9 heteroatoms. The predicted octanol–water partition coefficient (Wildman–Crippen LogP) is 4.57. The van der Waals surface area contributed by atoms with E-state index in [1.807, 2.05) is 0 Å². The summed E-state index contributed by atoms with van der Waals surface area (Å²) >= 11 is 5.94. The van der Waals surface area contributed by atoms with Gasteiger partial charge in [-0.15, -0.1) is 0 Å². The Labute approximate surface area is 178 Å². The average Bonchev–Trinajstić information content (AvgIpc) is 2.73. The number of methoxy groups -OCH3 is 1. The van der Waals surface area contributed by atoms with E-state index < -0.39 is 21.7 Å². The van der Waals surface area contributed by atoms with Crippen LogP contribution in [0.5, 0.6) is 5.75 Å². The van der Waals surface area contributed by atoms with Crippen molar-refractivity contribution >= 4 is 38.9 Å². The summed E-state index contributed by atoms with van der Waals surface area (Å²) < 4.78 is 45.4. The van der Waals surface area contributed by atoms with Gasteiger partial charge in [-0.1, -0.05) is 23.7 Å². The molecule has 0 unspecified atom stereocenters.